The van der Waals surface area contributed by atoms with Crippen LogP contribution in [-0.4, -0.2) is 86.8 Å². The summed E-state index contributed by atoms with van der Waals surface area (Å²) in [5, 5.41) is 2.71. The van der Waals surface area contributed by atoms with Crippen LogP contribution in [0.4, 0.5) is 5.69 Å². The number of hydrogen-bond donors (Lipinski definition) is 1. The van der Waals surface area contributed by atoms with Gasteiger partial charge in [0.2, 0.25) is 12.4 Å². The van der Waals surface area contributed by atoms with Crippen molar-refractivity contribution in [1.82, 2.24) is 0 Å². The monoisotopic (exact) mass is 645 g/mol. The van der Waals surface area contributed by atoms with Crippen molar-refractivity contribution < 1.29 is 66.7 Å². The van der Waals surface area contributed by atoms with Gasteiger partial charge in [0.25, 0.3) is 5.91 Å². The molecule has 1 fully saturated rings. The van der Waals surface area contributed by atoms with Crippen LogP contribution in [0.2, 0.25) is 0 Å². The Morgan fingerprint density at radius 3 is 1.87 bits per heavy atom. The van der Waals surface area contributed by atoms with Crippen LogP contribution < -0.4 is 14.8 Å². The number of anilines is 1. The van der Waals surface area contributed by atoms with E-state index in [0.717, 1.165) is 27.7 Å². The minimum atomic E-state index is -1.51. The number of carbonyl (C=O) groups is 6. The van der Waals surface area contributed by atoms with Crippen LogP contribution in [0.25, 0.3) is 0 Å². The van der Waals surface area contributed by atoms with Crippen molar-refractivity contribution in [3.63, 3.8) is 0 Å². The van der Waals surface area contributed by atoms with E-state index >= 15 is 0 Å². The van der Waals surface area contributed by atoms with Crippen molar-refractivity contribution in [2.45, 2.75) is 65.3 Å². The molecule has 0 aliphatic carbocycles. The van der Waals surface area contributed by atoms with Crippen molar-refractivity contribution in [3.8, 4) is 11.5 Å². The molecule has 15 nitrogen and oxygen atoms in total. The minimum Gasteiger partial charge on any atom is -0.493 e. The summed E-state index contributed by atoms with van der Waals surface area (Å²) < 4.78 is 43.6. The zero-order valence-corrected chi connectivity index (χ0v) is 26.1. The molecule has 1 aliphatic rings. The molecule has 5 atom stereocenters. The standard InChI is InChI=1S/C31H35NO14/c1-7-40-30(38)20-8-11-22(12-9-20)32-29(37)21-10-13-23(24(14-21)39-6)45-31-28(44-19(5)36)27(43-18(4)35)26(42-17(3)34)25(46-31)15-41-16(2)33/h8-14,25-28,31H,7,15H2,1-6H3,(H,32,37)/t25-,26+,27+,28-,31-/m0/s1. The average Bonchev–Trinajstić information content (AvgIpc) is 2.99. The maximum atomic E-state index is 13.0. The molecule has 1 amide bonds. The first-order valence-electron chi connectivity index (χ1n) is 14.1. The lowest BCUT2D eigenvalue weighted by Crippen LogP contribution is -2.63. The largest absolute Gasteiger partial charge is 0.493 e. The van der Waals surface area contributed by atoms with Gasteiger partial charge < -0.3 is 43.2 Å². The second-order valence-electron chi connectivity index (χ2n) is 9.80. The lowest BCUT2D eigenvalue weighted by Gasteiger charge is -2.44. The fraction of sp³-hybridized carbons (Fsp3) is 0.419. The van der Waals surface area contributed by atoms with E-state index in [4.69, 9.17) is 37.9 Å². The third-order valence-electron chi connectivity index (χ3n) is 6.27. The fourth-order valence-electron chi connectivity index (χ4n) is 4.42. The molecule has 2 aromatic rings. The Morgan fingerprint density at radius 2 is 1.30 bits per heavy atom. The molecule has 0 bridgehead atoms. The Morgan fingerprint density at radius 1 is 0.717 bits per heavy atom. The van der Waals surface area contributed by atoms with Gasteiger partial charge in [0.15, 0.2) is 23.7 Å². The van der Waals surface area contributed by atoms with Crippen molar-refractivity contribution in [2.24, 2.45) is 0 Å². The normalized spacial score (nSPS) is 20.3. The zero-order chi connectivity index (χ0) is 34.0. The van der Waals surface area contributed by atoms with E-state index in [9.17, 15) is 28.8 Å². The number of hydrogen-bond acceptors (Lipinski definition) is 14. The summed E-state index contributed by atoms with van der Waals surface area (Å²) in [4.78, 5) is 72.6. The molecule has 248 valence electrons. The summed E-state index contributed by atoms with van der Waals surface area (Å²) in [6.45, 7) is 5.96. The van der Waals surface area contributed by atoms with Crippen LogP contribution in [0.1, 0.15) is 55.3 Å². The minimum absolute atomic E-state index is 0.0266. The maximum absolute atomic E-state index is 13.0. The van der Waals surface area contributed by atoms with Gasteiger partial charge in [-0.2, -0.15) is 0 Å². The van der Waals surface area contributed by atoms with Crippen molar-refractivity contribution >= 4 is 41.4 Å². The molecule has 0 unspecified atom stereocenters. The van der Waals surface area contributed by atoms with Gasteiger partial charge in [-0.1, -0.05) is 0 Å². The van der Waals surface area contributed by atoms with E-state index in [1.54, 1.807) is 19.1 Å². The van der Waals surface area contributed by atoms with Crippen LogP contribution in [0.5, 0.6) is 11.5 Å². The summed E-state index contributed by atoms with van der Waals surface area (Å²) in [5.74, 6) is -3.94. The highest BCUT2D eigenvalue weighted by Crippen LogP contribution is 2.35. The van der Waals surface area contributed by atoms with Crippen LogP contribution in [-0.2, 0) is 47.6 Å². The van der Waals surface area contributed by atoms with E-state index in [1.807, 2.05) is 0 Å². The molecule has 15 heteroatoms. The van der Waals surface area contributed by atoms with Gasteiger partial charge in [-0.25, -0.2) is 4.79 Å². The molecule has 1 saturated heterocycles. The van der Waals surface area contributed by atoms with Crippen molar-refractivity contribution in [1.29, 1.82) is 0 Å². The number of methoxy groups -OCH3 is 1. The predicted molar refractivity (Wildman–Crippen MR) is 156 cm³/mol. The molecular weight excluding hydrogens is 610 g/mol. The van der Waals surface area contributed by atoms with Crippen LogP contribution in [0.15, 0.2) is 42.5 Å². The van der Waals surface area contributed by atoms with Gasteiger partial charge in [0, 0.05) is 38.9 Å². The van der Waals surface area contributed by atoms with E-state index in [0.29, 0.717) is 11.3 Å². The van der Waals surface area contributed by atoms with Gasteiger partial charge in [-0.15, -0.1) is 0 Å². The van der Waals surface area contributed by atoms with Crippen LogP contribution >= 0.6 is 0 Å². The summed E-state index contributed by atoms with van der Waals surface area (Å²) in [6.07, 6.45) is -6.99. The number of esters is 5. The maximum Gasteiger partial charge on any atom is 0.338 e. The first-order chi connectivity index (χ1) is 21.8. The Hall–Kier alpha value is -5.18. The number of rotatable bonds is 12. The Bertz CT molecular complexity index is 1440. The predicted octanol–water partition coefficient (Wildman–Crippen LogP) is 2.59. The van der Waals surface area contributed by atoms with E-state index in [1.165, 1.54) is 37.4 Å². The summed E-state index contributed by atoms with van der Waals surface area (Å²) in [6, 6.07) is 10.3. The van der Waals surface area contributed by atoms with Crippen molar-refractivity contribution in [3.05, 3.63) is 53.6 Å². The van der Waals surface area contributed by atoms with E-state index in [-0.39, 0.29) is 23.7 Å². The van der Waals surface area contributed by atoms with Crippen LogP contribution in [0.3, 0.4) is 0 Å². The van der Waals surface area contributed by atoms with E-state index in [2.05, 4.69) is 5.32 Å². The third kappa shape index (κ3) is 9.66. The quantitative estimate of drug-likeness (QED) is 0.262. The molecular formula is C31H35NO14. The Balaban J connectivity index is 1.90. The molecule has 2 aromatic carbocycles. The lowest BCUT2D eigenvalue weighted by atomic mass is 9.98. The molecule has 0 aromatic heterocycles. The first kappa shape index (κ1) is 35.3. The van der Waals surface area contributed by atoms with Crippen LogP contribution in [0, 0.1) is 0 Å². The number of amides is 1. The molecule has 1 heterocycles. The zero-order valence-electron chi connectivity index (χ0n) is 26.1. The van der Waals surface area contributed by atoms with E-state index < -0.39 is 73.1 Å². The highest BCUT2D eigenvalue weighted by molar-refractivity contribution is 6.05. The van der Waals surface area contributed by atoms with Gasteiger partial charge in [0.05, 0.1) is 19.3 Å². The summed E-state index contributed by atoms with van der Waals surface area (Å²) >= 11 is 0. The molecule has 3 rings (SSSR count). The molecule has 0 radical (unpaired) electrons. The smallest absolute Gasteiger partial charge is 0.338 e. The third-order valence-corrected chi connectivity index (χ3v) is 6.27. The van der Waals surface area contributed by atoms with Gasteiger partial charge in [-0.3, -0.25) is 24.0 Å². The first-order valence-corrected chi connectivity index (χ1v) is 14.1. The summed E-state index contributed by atoms with van der Waals surface area (Å²) in [7, 11) is 1.32. The fourth-order valence-corrected chi connectivity index (χ4v) is 4.42. The molecule has 46 heavy (non-hydrogen) atoms. The number of nitrogens with one attached hydrogen (secondary N) is 1. The molecule has 0 spiro atoms. The molecule has 1 N–H and O–H groups in total. The highest BCUT2D eigenvalue weighted by Gasteiger charge is 2.53. The van der Waals surface area contributed by atoms with Gasteiger partial charge in [0.1, 0.15) is 12.7 Å². The Labute approximate surface area is 264 Å². The van der Waals surface area contributed by atoms with Crippen molar-refractivity contribution in [2.75, 3.05) is 25.6 Å². The second kappa shape index (κ2) is 16.2. The van der Waals surface area contributed by atoms with Gasteiger partial charge >= 0.3 is 29.8 Å². The molecule has 1 aliphatic heterocycles. The van der Waals surface area contributed by atoms with Gasteiger partial charge in [-0.05, 0) is 49.4 Å². The SMILES string of the molecule is CCOC(=O)c1ccc(NC(=O)c2ccc(O[C@H]3O[C@@H](COC(C)=O)[C@@H](OC(C)=O)[C@@H](OC(C)=O)[C@@H]3OC(C)=O)c(OC)c2)cc1. The number of benzene rings is 2. The highest BCUT2D eigenvalue weighted by atomic mass is 16.7. The number of carbonyl (C=O) groups excluding carboxylic acids is 6. The molecule has 0 saturated carbocycles. The second-order valence-corrected chi connectivity index (χ2v) is 9.80. The average molecular weight is 646 g/mol. The summed E-state index contributed by atoms with van der Waals surface area (Å²) in [5.41, 5.74) is 0.903. The Kier molecular flexibility index (Phi) is 12.4. The lowest BCUT2D eigenvalue weighted by molar-refractivity contribution is -0.288. The number of ether oxygens (including phenoxy) is 8. The topological polar surface area (TPSA) is 188 Å².